The van der Waals surface area contributed by atoms with E-state index in [4.69, 9.17) is 4.74 Å². The largest absolute Gasteiger partial charge is 0.455 e. The van der Waals surface area contributed by atoms with Gasteiger partial charge >= 0.3 is 0 Å². The van der Waals surface area contributed by atoms with Gasteiger partial charge in [0.25, 0.3) is 0 Å². The molecule has 0 saturated carbocycles. The second-order valence-electron chi connectivity index (χ2n) is 4.92. The van der Waals surface area contributed by atoms with Crippen LogP contribution in [0.5, 0.6) is 11.5 Å². The summed E-state index contributed by atoms with van der Waals surface area (Å²) in [4.78, 5) is 6.53. The van der Waals surface area contributed by atoms with Crippen molar-refractivity contribution in [1.82, 2.24) is 15.2 Å². The van der Waals surface area contributed by atoms with Crippen molar-refractivity contribution in [1.29, 1.82) is 0 Å². The molecule has 128 valence electrons. The third-order valence-corrected chi connectivity index (χ3v) is 3.44. The maximum Gasteiger partial charge on any atom is 0.145 e. The van der Waals surface area contributed by atoms with Crippen molar-refractivity contribution in [3.05, 3.63) is 54.4 Å². The Morgan fingerprint density at radius 3 is 2.43 bits per heavy atom. The summed E-state index contributed by atoms with van der Waals surface area (Å²) in [6.07, 6.45) is 3.49. The van der Waals surface area contributed by atoms with Gasteiger partial charge in [-0.25, -0.2) is 0 Å². The second kappa shape index (κ2) is 11.5. The average Bonchev–Trinajstić information content (AvgIpc) is 2.51. The van der Waals surface area contributed by atoms with Crippen LogP contribution in [0.25, 0.3) is 0 Å². The molecule has 4 nitrogen and oxygen atoms in total. The zero-order chi connectivity index (χ0) is 13.6. The Balaban J connectivity index is 0.00000161. The number of benzene rings is 1. The summed E-state index contributed by atoms with van der Waals surface area (Å²) < 4.78 is 5.95. The highest BCUT2D eigenvalue weighted by atomic mass is 35.5. The van der Waals surface area contributed by atoms with Gasteiger partial charge in [-0.05, 0) is 18.2 Å². The zero-order valence-electron chi connectivity index (χ0n) is 12.7. The van der Waals surface area contributed by atoms with E-state index < -0.39 is 0 Å². The molecule has 1 fully saturated rings. The molecule has 3 rings (SSSR count). The van der Waals surface area contributed by atoms with Gasteiger partial charge in [-0.3, -0.25) is 9.88 Å². The second-order valence-corrected chi connectivity index (χ2v) is 4.92. The van der Waals surface area contributed by atoms with Gasteiger partial charge in [0.1, 0.15) is 11.5 Å². The molecule has 1 aliphatic heterocycles. The molecule has 0 spiro atoms. The molecule has 0 unspecified atom stereocenters. The lowest BCUT2D eigenvalue weighted by atomic mass is 10.1. The first-order chi connectivity index (χ1) is 9.92. The smallest absolute Gasteiger partial charge is 0.145 e. The molecule has 1 saturated heterocycles. The van der Waals surface area contributed by atoms with E-state index in [1.165, 1.54) is 5.56 Å². The molecule has 1 aliphatic rings. The number of ether oxygens (including phenoxy) is 1. The normalized spacial score (nSPS) is 13.9. The molecular weight excluding hydrogens is 357 g/mol. The molecule has 23 heavy (non-hydrogen) atoms. The summed E-state index contributed by atoms with van der Waals surface area (Å²) in [6, 6.07) is 12.0. The molecule has 0 amide bonds. The molecule has 1 aromatic heterocycles. The maximum absolute atomic E-state index is 5.95. The van der Waals surface area contributed by atoms with Crippen LogP contribution >= 0.6 is 37.2 Å². The van der Waals surface area contributed by atoms with Crippen molar-refractivity contribution in [2.75, 3.05) is 26.2 Å². The van der Waals surface area contributed by atoms with E-state index in [9.17, 15) is 0 Å². The first kappa shape index (κ1) is 22.0. The molecule has 0 radical (unpaired) electrons. The Labute approximate surface area is 155 Å². The maximum atomic E-state index is 5.95. The molecule has 2 heterocycles. The minimum absolute atomic E-state index is 0. The molecule has 1 N–H and O–H groups in total. The number of rotatable bonds is 4. The highest BCUT2D eigenvalue weighted by Crippen LogP contribution is 2.25. The zero-order valence-corrected chi connectivity index (χ0v) is 15.1. The van der Waals surface area contributed by atoms with E-state index in [1.54, 1.807) is 12.4 Å². The van der Waals surface area contributed by atoms with Crippen LogP contribution in [0.15, 0.2) is 48.8 Å². The fourth-order valence-electron chi connectivity index (χ4n) is 2.38. The molecule has 0 bridgehead atoms. The van der Waals surface area contributed by atoms with Gasteiger partial charge in [0, 0.05) is 44.5 Å². The summed E-state index contributed by atoms with van der Waals surface area (Å²) >= 11 is 0. The van der Waals surface area contributed by atoms with Gasteiger partial charge in [0.05, 0.1) is 6.20 Å². The molecule has 7 heteroatoms. The van der Waals surface area contributed by atoms with Gasteiger partial charge in [0.2, 0.25) is 0 Å². The van der Waals surface area contributed by atoms with E-state index in [1.807, 2.05) is 24.3 Å². The Hall–Kier alpha value is -1.04. The number of hydrogen-bond acceptors (Lipinski definition) is 4. The molecule has 2 aromatic rings. The molecule has 0 aliphatic carbocycles. The van der Waals surface area contributed by atoms with Crippen molar-refractivity contribution < 1.29 is 4.74 Å². The fraction of sp³-hybridized carbons (Fsp3) is 0.312. The minimum Gasteiger partial charge on any atom is -0.455 e. The van der Waals surface area contributed by atoms with Crippen LogP contribution in [-0.4, -0.2) is 36.1 Å². The monoisotopic (exact) mass is 377 g/mol. The van der Waals surface area contributed by atoms with Gasteiger partial charge in [-0.15, -0.1) is 37.2 Å². The summed E-state index contributed by atoms with van der Waals surface area (Å²) in [5.74, 6) is 1.69. The first-order valence-electron chi connectivity index (χ1n) is 7.01. The number of nitrogens with zero attached hydrogens (tertiary/aromatic N) is 2. The lowest BCUT2D eigenvalue weighted by Gasteiger charge is -2.27. The van der Waals surface area contributed by atoms with E-state index in [0.717, 1.165) is 44.2 Å². The van der Waals surface area contributed by atoms with Crippen molar-refractivity contribution in [2.24, 2.45) is 0 Å². The topological polar surface area (TPSA) is 37.4 Å². The van der Waals surface area contributed by atoms with Crippen molar-refractivity contribution in [3.63, 3.8) is 0 Å². The van der Waals surface area contributed by atoms with E-state index in [2.05, 4.69) is 27.3 Å². The lowest BCUT2D eigenvalue weighted by molar-refractivity contribution is 0.231. The van der Waals surface area contributed by atoms with Crippen LogP contribution in [0, 0.1) is 0 Å². The highest BCUT2D eigenvalue weighted by molar-refractivity contribution is 5.86. The van der Waals surface area contributed by atoms with E-state index in [0.29, 0.717) is 0 Å². The van der Waals surface area contributed by atoms with E-state index in [-0.39, 0.29) is 37.2 Å². The van der Waals surface area contributed by atoms with Crippen LogP contribution in [-0.2, 0) is 6.54 Å². The van der Waals surface area contributed by atoms with Gasteiger partial charge < -0.3 is 10.1 Å². The Kier molecular flexibility index (Phi) is 11.0. The average molecular weight is 379 g/mol. The number of aromatic nitrogens is 1. The number of nitrogens with one attached hydrogen (secondary N) is 1. The van der Waals surface area contributed by atoms with Gasteiger partial charge in [-0.2, -0.15) is 0 Å². The van der Waals surface area contributed by atoms with Crippen molar-refractivity contribution in [2.45, 2.75) is 6.54 Å². The van der Waals surface area contributed by atoms with Crippen molar-refractivity contribution >= 4 is 37.2 Å². The number of pyridine rings is 1. The van der Waals surface area contributed by atoms with Crippen LogP contribution in [0.1, 0.15) is 5.56 Å². The highest BCUT2D eigenvalue weighted by Gasteiger charge is 2.12. The van der Waals surface area contributed by atoms with E-state index >= 15 is 0 Å². The van der Waals surface area contributed by atoms with Gasteiger partial charge in [0.15, 0.2) is 0 Å². The third-order valence-electron chi connectivity index (χ3n) is 3.44. The first-order valence-corrected chi connectivity index (χ1v) is 7.01. The van der Waals surface area contributed by atoms with Gasteiger partial charge in [-0.1, -0.05) is 18.2 Å². The van der Waals surface area contributed by atoms with Crippen LogP contribution in [0.4, 0.5) is 0 Å². The predicted octanol–water partition coefficient (Wildman–Crippen LogP) is 3.54. The Bertz CT molecular complexity index is 551. The number of piperazine rings is 1. The standard InChI is InChI=1S/C16H19N3O.3ClH/c1-2-6-16(20-15-5-3-7-18-12-15)14(4-1)13-19-10-8-17-9-11-19;;;/h1-7,12,17H,8-11,13H2;3*1H. The van der Waals surface area contributed by atoms with Crippen molar-refractivity contribution in [3.8, 4) is 11.5 Å². The third kappa shape index (κ3) is 6.53. The Morgan fingerprint density at radius 2 is 1.74 bits per heavy atom. The van der Waals surface area contributed by atoms with Crippen LogP contribution < -0.4 is 10.1 Å². The quantitative estimate of drug-likeness (QED) is 0.883. The summed E-state index contributed by atoms with van der Waals surface area (Å²) in [5, 5.41) is 3.37. The predicted molar refractivity (Wildman–Crippen MR) is 101 cm³/mol. The minimum atomic E-state index is 0. The number of hydrogen-bond donors (Lipinski definition) is 1. The lowest BCUT2D eigenvalue weighted by Crippen LogP contribution is -2.42. The summed E-state index contributed by atoms with van der Waals surface area (Å²) in [7, 11) is 0. The molecule has 0 atom stereocenters. The summed E-state index contributed by atoms with van der Waals surface area (Å²) in [6.45, 7) is 5.22. The SMILES string of the molecule is Cl.Cl.Cl.c1cncc(Oc2ccccc2CN2CCNCC2)c1. The summed E-state index contributed by atoms with van der Waals surface area (Å²) in [5.41, 5.74) is 1.22. The van der Waals surface area contributed by atoms with Crippen LogP contribution in [0.2, 0.25) is 0 Å². The molecular formula is C16H22Cl3N3O. The number of para-hydroxylation sites is 1. The fourth-order valence-corrected chi connectivity index (χ4v) is 2.38. The molecule has 1 aromatic carbocycles. The number of halogens is 3. The van der Waals surface area contributed by atoms with Crippen LogP contribution in [0.3, 0.4) is 0 Å². The Morgan fingerprint density at radius 1 is 1.00 bits per heavy atom.